The maximum Gasteiger partial charge on any atom is 0.255 e. The fourth-order valence-corrected chi connectivity index (χ4v) is 1.93. The van der Waals surface area contributed by atoms with Gasteiger partial charge in [0.1, 0.15) is 0 Å². The molecule has 2 aromatic carbocycles. The number of anilines is 2. The number of para-hydroxylation sites is 1. The molecule has 0 aliphatic carbocycles. The Labute approximate surface area is 124 Å². The maximum absolute atomic E-state index is 12.1. The molecule has 0 bridgehead atoms. The number of carbonyl (C=O) groups is 2. The van der Waals surface area contributed by atoms with Crippen molar-refractivity contribution in [1.29, 1.82) is 0 Å². The first-order valence-electron chi connectivity index (χ1n) is 5.74. The molecule has 2 amide bonds. The number of nitrogens with two attached hydrogens (primary N) is 2. The van der Waals surface area contributed by atoms with Crippen LogP contribution in [0.3, 0.4) is 0 Å². The molecular formula is C14H12BrN3O2. The largest absolute Gasteiger partial charge is 0.398 e. The number of primary amides is 1. The number of nitrogens with one attached hydrogen (secondary N) is 1. The molecule has 0 saturated carbocycles. The highest BCUT2D eigenvalue weighted by atomic mass is 79.9. The molecule has 2 rings (SSSR count). The zero-order valence-electron chi connectivity index (χ0n) is 10.4. The summed E-state index contributed by atoms with van der Waals surface area (Å²) in [6.07, 6.45) is 0. The minimum Gasteiger partial charge on any atom is -0.398 e. The lowest BCUT2D eigenvalue weighted by Crippen LogP contribution is -2.18. The molecule has 0 radical (unpaired) electrons. The van der Waals surface area contributed by atoms with Crippen LogP contribution in [-0.2, 0) is 0 Å². The third-order valence-corrected chi connectivity index (χ3v) is 3.42. The second-order valence-corrected chi connectivity index (χ2v) is 4.95. The highest BCUT2D eigenvalue weighted by molar-refractivity contribution is 9.10. The minimum absolute atomic E-state index is 0.255. The van der Waals surface area contributed by atoms with E-state index in [0.29, 0.717) is 21.4 Å². The van der Waals surface area contributed by atoms with Gasteiger partial charge in [-0.1, -0.05) is 12.1 Å². The van der Waals surface area contributed by atoms with Crippen molar-refractivity contribution in [2.24, 2.45) is 5.73 Å². The summed E-state index contributed by atoms with van der Waals surface area (Å²) in [6, 6.07) is 11.4. The van der Waals surface area contributed by atoms with Crippen LogP contribution in [0.25, 0.3) is 0 Å². The fourth-order valence-electron chi connectivity index (χ4n) is 1.69. The fraction of sp³-hybridized carbons (Fsp3) is 0. The van der Waals surface area contributed by atoms with E-state index in [2.05, 4.69) is 21.2 Å². The van der Waals surface area contributed by atoms with Crippen molar-refractivity contribution < 1.29 is 9.59 Å². The molecule has 0 aliphatic heterocycles. The summed E-state index contributed by atoms with van der Waals surface area (Å²) in [5.41, 5.74) is 12.5. The smallest absolute Gasteiger partial charge is 0.255 e. The molecule has 5 nitrogen and oxygen atoms in total. The molecule has 102 valence electrons. The predicted molar refractivity (Wildman–Crippen MR) is 81.5 cm³/mol. The molecule has 0 saturated heterocycles. The van der Waals surface area contributed by atoms with Crippen molar-refractivity contribution in [1.82, 2.24) is 0 Å². The van der Waals surface area contributed by atoms with Gasteiger partial charge in [0, 0.05) is 15.7 Å². The molecule has 6 heteroatoms. The van der Waals surface area contributed by atoms with Gasteiger partial charge in [0.2, 0.25) is 0 Å². The normalized spacial score (nSPS) is 10.1. The summed E-state index contributed by atoms with van der Waals surface area (Å²) >= 11 is 3.26. The average Bonchev–Trinajstić information content (AvgIpc) is 2.42. The van der Waals surface area contributed by atoms with E-state index in [1.807, 2.05) is 0 Å². The Morgan fingerprint density at radius 3 is 2.45 bits per heavy atom. The van der Waals surface area contributed by atoms with Gasteiger partial charge in [0.15, 0.2) is 0 Å². The summed E-state index contributed by atoms with van der Waals surface area (Å²) in [7, 11) is 0. The zero-order valence-corrected chi connectivity index (χ0v) is 12.0. The van der Waals surface area contributed by atoms with Gasteiger partial charge in [-0.05, 0) is 46.3 Å². The van der Waals surface area contributed by atoms with Gasteiger partial charge in [-0.2, -0.15) is 0 Å². The number of hydrogen-bond acceptors (Lipinski definition) is 3. The molecule has 5 N–H and O–H groups in total. The van der Waals surface area contributed by atoms with Crippen LogP contribution in [0.2, 0.25) is 0 Å². The van der Waals surface area contributed by atoms with Gasteiger partial charge >= 0.3 is 0 Å². The number of amides is 2. The third-order valence-electron chi connectivity index (χ3n) is 2.70. The summed E-state index contributed by atoms with van der Waals surface area (Å²) in [4.78, 5) is 23.4. The summed E-state index contributed by atoms with van der Waals surface area (Å²) in [5.74, 6) is -0.964. The number of rotatable bonds is 3. The maximum atomic E-state index is 12.1. The third kappa shape index (κ3) is 2.97. The van der Waals surface area contributed by atoms with Crippen LogP contribution in [0.1, 0.15) is 20.7 Å². The lowest BCUT2D eigenvalue weighted by atomic mass is 10.1. The van der Waals surface area contributed by atoms with Crippen LogP contribution in [-0.4, -0.2) is 11.8 Å². The van der Waals surface area contributed by atoms with Gasteiger partial charge < -0.3 is 16.8 Å². The van der Waals surface area contributed by atoms with E-state index < -0.39 is 5.91 Å². The van der Waals surface area contributed by atoms with Crippen LogP contribution in [0.15, 0.2) is 46.9 Å². The lowest BCUT2D eigenvalue weighted by molar-refractivity contribution is 0.100. The molecule has 0 aromatic heterocycles. The Kier molecular flexibility index (Phi) is 4.05. The van der Waals surface area contributed by atoms with E-state index in [1.165, 1.54) is 0 Å². The molecule has 0 fully saturated rings. The number of benzene rings is 2. The van der Waals surface area contributed by atoms with Crippen LogP contribution in [0, 0.1) is 0 Å². The first kappa shape index (κ1) is 14.1. The second-order valence-electron chi connectivity index (χ2n) is 4.10. The van der Waals surface area contributed by atoms with E-state index in [1.54, 1.807) is 42.5 Å². The standard InChI is InChI=1S/C14H12BrN3O2/c15-10-6-5-8(7-11(10)16)14(20)18-12-4-2-1-3-9(12)13(17)19/h1-7H,16H2,(H2,17,19)(H,18,20). The average molecular weight is 334 g/mol. The van der Waals surface area contributed by atoms with Crippen LogP contribution >= 0.6 is 15.9 Å². The number of halogens is 1. The van der Waals surface area contributed by atoms with E-state index in [0.717, 1.165) is 0 Å². The van der Waals surface area contributed by atoms with Crippen molar-refractivity contribution in [3.8, 4) is 0 Å². The van der Waals surface area contributed by atoms with E-state index >= 15 is 0 Å². The van der Waals surface area contributed by atoms with Crippen molar-refractivity contribution in [3.63, 3.8) is 0 Å². The van der Waals surface area contributed by atoms with E-state index in [9.17, 15) is 9.59 Å². The van der Waals surface area contributed by atoms with Gasteiger partial charge in [-0.15, -0.1) is 0 Å². The molecule has 20 heavy (non-hydrogen) atoms. The molecule has 0 spiro atoms. The van der Waals surface area contributed by atoms with Crippen LogP contribution < -0.4 is 16.8 Å². The van der Waals surface area contributed by atoms with E-state index in [-0.39, 0.29) is 11.5 Å². The Morgan fingerprint density at radius 1 is 1.10 bits per heavy atom. The van der Waals surface area contributed by atoms with Gasteiger partial charge in [-0.25, -0.2) is 0 Å². The minimum atomic E-state index is -0.601. The highest BCUT2D eigenvalue weighted by Crippen LogP contribution is 2.21. The van der Waals surface area contributed by atoms with Crippen molar-refractivity contribution >= 4 is 39.1 Å². The molecule has 0 unspecified atom stereocenters. The van der Waals surface area contributed by atoms with Crippen LogP contribution in [0.4, 0.5) is 11.4 Å². The van der Waals surface area contributed by atoms with Gasteiger partial charge in [0.25, 0.3) is 11.8 Å². The summed E-state index contributed by atoms with van der Waals surface area (Å²) in [5, 5.41) is 2.64. The topological polar surface area (TPSA) is 98.2 Å². The summed E-state index contributed by atoms with van der Waals surface area (Å²) in [6.45, 7) is 0. The van der Waals surface area contributed by atoms with Crippen molar-refractivity contribution in [2.75, 3.05) is 11.1 Å². The highest BCUT2D eigenvalue weighted by Gasteiger charge is 2.12. The lowest BCUT2D eigenvalue weighted by Gasteiger charge is -2.09. The Morgan fingerprint density at radius 2 is 1.80 bits per heavy atom. The quantitative estimate of drug-likeness (QED) is 0.752. The van der Waals surface area contributed by atoms with Crippen molar-refractivity contribution in [2.45, 2.75) is 0 Å². The second kappa shape index (κ2) is 5.75. The van der Waals surface area contributed by atoms with Gasteiger partial charge in [0.05, 0.1) is 11.3 Å². The first-order chi connectivity index (χ1) is 9.49. The molecule has 0 heterocycles. The van der Waals surface area contributed by atoms with Gasteiger partial charge in [-0.3, -0.25) is 9.59 Å². The summed E-state index contributed by atoms with van der Waals surface area (Å²) < 4.78 is 0.714. The zero-order chi connectivity index (χ0) is 14.7. The van der Waals surface area contributed by atoms with Crippen LogP contribution in [0.5, 0.6) is 0 Å². The molecule has 0 aliphatic rings. The monoisotopic (exact) mass is 333 g/mol. The molecule has 2 aromatic rings. The predicted octanol–water partition coefficient (Wildman–Crippen LogP) is 2.38. The number of hydrogen-bond donors (Lipinski definition) is 3. The van der Waals surface area contributed by atoms with Crippen molar-refractivity contribution in [3.05, 3.63) is 58.1 Å². The Hall–Kier alpha value is -2.34. The Bertz CT molecular complexity index is 686. The molecule has 0 atom stereocenters. The number of carbonyl (C=O) groups excluding carboxylic acids is 2. The number of nitrogen functional groups attached to an aromatic ring is 1. The molecular weight excluding hydrogens is 322 g/mol. The Balaban J connectivity index is 2.28. The SMILES string of the molecule is NC(=O)c1ccccc1NC(=O)c1ccc(Br)c(N)c1. The first-order valence-corrected chi connectivity index (χ1v) is 6.53. The van der Waals surface area contributed by atoms with E-state index in [4.69, 9.17) is 11.5 Å².